The van der Waals surface area contributed by atoms with Crippen LogP contribution in [0.5, 0.6) is 0 Å². The number of nitrogens with zero attached hydrogens (tertiary/aromatic N) is 1. The molecular weight excluding hydrogens is 418 g/mol. The molecule has 1 atom stereocenters. The van der Waals surface area contributed by atoms with Gasteiger partial charge < -0.3 is 5.11 Å². The molecule has 32 heavy (non-hydrogen) atoms. The summed E-state index contributed by atoms with van der Waals surface area (Å²) in [5.41, 5.74) is 3.21. The fourth-order valence-corrected chi connectivity index (χ4v) is 5.09. The van der Waals surface area contributed by atoms with Crippen molar-refractivity contribution in [3.05, 3.63) is 105 Å². The van der Waals surface area contributed by atoms with E-state index in [0.717, 1.165) is 26.8 Å². The van der Waals surface area contributed by atoms with Gasteiger partial charge in [-0.2, -0.15) is 0 Å². The number of Topliss-reactive ketones (excluding diaryl/α,β-unsaturated/α-hetero) is 1. The van der Waals surface area contributed by atoms with Gasteiger partial charge in [-0.1, -0.05) is 54.6 Å². The van der Waals surface area contributed by atoms with Crippen molar-refractivity contribution in [2.45, 2.75) is 19.9 Å². The summed E-state index contributed by atoms with van der Waals surface area (Å²) < 4.78 is 0. The number of ketones is 1. The van der Waals surface area contributed by atoms with Gasteiger partial charge in [-0.3, -0.25) is 14.5 Å². The summed E-state index contributed by atoms with van der Waals surface area (Å²) in [6, 6.07) is 22.3. The molecule has 1 saturated heterocycles. The summed E-state index contributed by atoms with van der Waals surface area (Å²) in [7, 11) is 0. The number of aryl methyl sites for hydroxylation is 2. The fourth-order valence-electron chi connectivity index (χ4n) is 4.27. The molecule has 1 amide bonds. The van der Waals surface area contributed by atoms with Crippen LogP contribution < -0.4 is 4.90 Å². The Balaban J connectivity index is 1.73. The first-order valence-electron chi connectivity index (χ1n) is 10.4. The van der Waals surface area contributed by atoms with E-state index in [9.17, 15) is 14.7 Å². The predicted molar refractivity (Wildman–Crippen MR) is 129 cm³/mol. The highest BCUT2D eigenvalue weighted by molar-refractivity contribution is 7.10. The molecule has 158 valence electrons. The summed E-state index contributed by atoms with van der Waals surface area (Å²) in [6.07, 6.45) is 0. The van der Waals surface area contributed by atoms with Gasteiger partial charge in [-0.15, -0.1) is 11.3 Å². The first-order chi connectivity index (χ1) is 15.5. The van der Waals surface area contributed by atoms with Gasteiger partial charge in [-0.25, -0.2) is 0 Å². The van der Waals surface area contributed by atoms with Crippen molar-refractivity contribution >= 4 is 45.2 Å². The van der Waals surface area contributed by atoms with Gasteiger partial charge in [-0.05, 0) is 59.3 Å². The summed E-state index contributed by atoms with van der Waals surface area (Å²) in [6.45, 7) is 3.87. The lowest BCUT2D eigenvalue weighted by Crippen LogP contribution is -2.29. The maximum atomic E-state index is 13.3. The zero-order valence-electron chi connectivity index (χ0n) is 17.7. The van der Waals surface area contributed by atoms with Crippen molar-refractivity contribution in [2.24, 2.45) is 0 Å². The second kappa shape index (κ2) is 7.77. The molecular formula is C27H21NO3S. The Morgan fingerprint density at radius 2 is 1.69 bits per heavy atom. The second-order valence-corrected chi connectivity index (χ2v) is 9.02. The van der Waals surface area contributed by atoms with E-state index in [2.05, 4.69) is 0 Å². The molecule has 1 aromatic heterocycles. The van der Waals surface area contributed by atoms with Crippen LogP contribution in [-0.4, -0.2) is 16.8 Å². The lowest BCUT2D eigenvalue weighted by atomic mass is 9.98. The minimum atomic E-state index is -0.679. The van der Waals surface area contributed by atoms with Crippen molar-refractivity contribution in [1.82, 2.24) is 0 Å². The van der Waals surface area contributed by atoms with Crippen LogP contribution in [0.25, 0.3) is 16.5 Å². The Kier molecular flexibility index (Phi) is 4.91. The van der Waals surface area contributed by atoms with E-state index in [-0.39, 0.29) is 11.3 Å². The van der Waals surface area contributed by atoms with Crippen LogP contribution in [0.15, 0.2) is 83.7 Å². The molecule has 1 aliphatic heterocycles. The van der Waals surface area contributed by atoms with Crippen LogP contribution in [0.4, 0.5) is 5.69 Å². The van der Waals surface area contributed by atoms with Gasteiger partial charge in [0.15, 0.2) is 0 Å². The average Bonchev–Trinajstić information content (AvgIpc) is 3.42. The Labute approximate surface area is 190 Å². The van der Waals surface area contributed by atoms with Crippen LogP contribution in [0.1, 0.15) is 27.6 Å². The highest BCUT2D eigenvalue weighted by Gasteiger charge is 2.47. The van der Waals surface area contributed by atoms with Crippen molar-refractivity contribution in [1.29, 1.82) is 0 Å². The maximum absolute atomic E-state index is 13.3. The molecule has 5 rings (SSSR count). The number of rotatable bonds is 3. The Morgan fingerprint density at radius 1 is 0.906 bits per heavy atom. The van der Waals surface area contributed by atoms with E-state index >= 15 is 0 Å². The number of hydrogen-bond donors (Lipinski definition) is 1. The monoisotopic (exact) mass is 439 g/mol. The Morgan fingerprint density at radius 3 is 2.44 bits per heavy atom. The van der Waals surface area contributed by atoms with Crippen molar-refractivity contribution in [2.75, 3.05) is 4.90 Å². The van der Waals surface area contributed by atoms with Crippen LogP contribution in [0, 0.1) is 13.8 Å². The summed E-state index contributed by atoms with van der Waals surface area (Å²) >= 11 is 1.46. The van der Waals surface area contributed by atoms with Gasteiger partial charge in [0.05, 0.1) is 5.57 Å². The highest BCUT2D eigenvalue weighted by atomic mass is 32.1. The topological polar surface area (TPSA) is 57.6 Å². The largest absolute Gasteiger partial charge is 0.507 e. The Bertz CT molecular complexity index is 1400. The third-order valence-corrected chi connectivity index (χ3v) is 6.83. The number of aliphatic hydroxyl groups is 1. The third kappa shape index (κ3) is 3.22. The number of benzene rings is 3. The van der Waals surface area contributed by atoms with Gasteiger partial charge in [0, 0.05) is 16.1 Å². The highest BCUT2D eigenvalue weighted by Crippen LogP contribution is 2.44. The first kappa shape index (κ1) is 20.2. The summed E-state index contributed by atoms with van der Waals surface area (Å²) in [5.74, 6) is -1.45. The number of thiophene rings is 1. The van der Waals surface area contributed by atoms with Crippen LogP contribution in [0.3, 0.4) is 0 Å². The number of amides is 1. The van der Waals surface area contributed by atoms with Crippen molar-refractivity contribution < 1.29 is 14.7 Å². The van der Waals surface area contributed by atoms with Crippen LogP contribution in [-0.2, 0) is 9.59 Å². The van der Waals surface area contributed by atoms with E-state index in [0.29, 0.717) is 11.3 Å². The van der Waals surface area contributed by atoms with Crippen molar-refractivity contribution in [3.63, 3.8) is 0 Å². The summed E-state index contributed by atoms with van der Waals surface area (Å²) in [4.78, 5) is 28.9. The van der Waals surface area contributed by atoms with E-state index in [1.54, 1.807) is 6.07 Å². The van der Waals surface area contributed by atoms with Gasteiger partial charge in [0.1, 0.15) is 11.8 Å². The van der Waals surface area contributed by atoms with Crippen LogP contribution >= 0.6 is 11.3 Å². The third-order valence-electron chi connectivity index (χ3n) is 5.90. The minimum Gasteiger partial charge on any atom is -0.507 e. The molecule has 1 N–H and O–H groups in total. The molecule has 2 heterocycles. The minimum absolute atomic E-state index is 0.119. The molecule has 1 aliphatic rings. The first-order valence-corrected chi connectivity index (χ1v) is 11.2. The molecule has 1 fully saturated rings. The zero-order chi connectivity index (χ0) is 22.4. The predicted octanol–water partition coefficient (Wildman–Crippen LogP) is 6.14. The SMILES string of the molecule is Cc1ccc(C)c(N2C(=O)C(=O)/C(=C(\O)c3ccc4ccccc4c3)C2c2cccs2)c1. The smallest absolute Gasteiger partial charge is 0.300 e. The quantitative estimate of drug-likeness (QED) is 0.237. The number of anilines is 1. The molecule has 5 heteroatoms. The van der Waals surface area contributed by atoms with Gasteiger partial charge >= 0.3 is 0 Å². The lowest BCUT2D eigenvalue weighted by molar-refractivity contribution is -0.132. The van der Waals surface area contributed by atoms with Gasteiger partial charge in [0.2, 0.25) is 0 Å². The standard InChI is InChI=1S/C27H21NO3S/c1-16-9-10-17(2)21(14-16)28-24(22-8-5-13-32-22)23(26(30)27(28)31)25(29)20-12-11-18-6-3-4-7-19(18)15-20/h3-15,24,29H,1-2H3/b25-23-. The van der Waals surface area contributed by atoms with E-state index < -0.39 is 17.7 Å². The number of hydrogen-bond acceptors (Lipinski definition) is 4. The molecule has 0 spiro atoms. The molecule has 1 unspecified atom stereocenters. The molecule has 0 radical (unpaired) electrons. The lowest BCUT2D eigenvalue weighted by Gasteiger charge is -2.26. The van der Waals surface area contributed by atoms with E-state index in [4.69, 9.17) is 0 Å². The zero-order valence-corrected chi connectivity index (χ0v) is 18.5. The molecule has 0 bridgehead atoms. The molecule has 3 aromatic carbocycles. The molecule has 0 saturated carbocycles. The molecule has 4 nitrogen and oxygen atoms in total. The molecule has 0 aliphatic carbocycles. The number of fused-ring (bicyclic) bond motifs is 1. The van der Waals surface area contributed by atoms with Crippen molar-refractivity contribution in [3.8, 4) is 0 Å². The van der Waals surface area contributed by atoms with Gasteiger partial charge in [0.25, 0.3) is 11.7 Å². The Hall–Kier alpha value is -3.70. The normalized spacial score (nSPS) is 17.9. The fraction of sp³-hybridized carbons (Fsp3) is 0.111. The average molecular weight is 440 g/mol. The second-order valence-electron chi connectivity index (χ2n) is 8.04. The van der Waals surface area contributed by atoms with E-state index in [1.165, 1.54) is 16.2 Å². The van der Waals surface area contributed by atoms with Crippen LogP contribution in [0.2, 0.25) is 0 Å². The molecule has 4 aromatic rings. The number of carbonyl (C=O) groups is 2. The van der Waals surface area contributed by atoms with E-state index in [1.807, 2.05) is 86.0 Å². The number of carbonyl (C=O) groups excluding carboxylic acids is 2. The summed E-state index contributed by atoms with van der Waals surface area (Å²) in [5, 5.41) is 15.2. The number of aliphatic hydroxyl groups excluding tert-OH is 1. The maximum Gasteiger partial charge on any atom is 0.300 e.